The highest BCUT2D eigenvalue weighted by Crippen LogP contribution is 2.24. The molecule has 2 heterocycles. The van der Waals surface area contributed by atoms with E-state index < -0.39 is 0 Å². The SMILES string of the molecule is CCOC(=O)Sc1ncnc2c1ncn2C. The lowest BCUT2D eigenvalue weighted by Gasteiger charge is -2.00. The minimum atomic E-state index is -0.381. The molecule has 0 atom stereocenters. The third-order valence-electron chi connectivity index (χ3n) is 1.91. The summed E-state index contributed by atoms with van der Waals surface area (Å²) in [5, 5.41) is 0.136. The van der Waals surface area contributed by atoms with E-state index in [1.165, 1.54) is 6.33 Å². The average Bonchev–Trinajstić information content (AvgIpc) is 2.62. The Morgan fingerprint density at radius 1 is 1.50 bits per heavy atom. The molecule has 2 rings (SSSR count). The highest BCUT2D eigenvalue weighted by atomic mass is 32.2. The first kappa shape index (κ1) is 10.9. The van der Waals surface area contributed by atoms with Gasteiger partial charge in [-0.3, -0.25) is 0 Å². The van der Waals surface area contributed by atoms with Crippen molar-refractivity contribution in [2.24, 2.45) is 7.05 Å². The van der Waals surface area contributed by atoms with Gasteiger partial charge in [0.2, 0.25) is 0 Å². The molecule has 0 aliphatic heterocycles. The number of nitrogens with zero attached hydrogens (tertiary/aromatic N) is 4. The highest BCUT2D eigenvalue weighted by Gasteiger charge is 2.13. The van der Waals surface area contributed by atoms with Gasteiger partial charge in [-0.2, -0.15) is 0 Å². The van der Waals surface area contributed by atoms with Crippen LogP contribution < -0.4 is 0 Å². The maximum Gasteiger partial charge on any atom is 0.373 e. The fraction of sp³-hybridized carbons (Fsp3) is 0.333. The summed E-state index contributed by atoms with van der Waals surface area (Å²) in [6, 6.07) is 0. The molecule has 84 valence electrons. The lowest BCUT2D eigenvalue weighted by Crippen LogP contribution is -1.98. The molecule has 2 aromatic rings. The van der Waals surface area contributed by atoms with Crippen LogP contribution in [0.3, 0.4) is 0 Å². The van der Waals surface area contributed by atoms with Crippen molar-refractivity contribution in [3.8, 4) is 0 Å². The first-order valence-corrected chi connectivity index (χ1v) is 5.50. The van der Waals surface area contributed by atoms with Gasteiger partial charge in [0.25, 0.3) is 0 Å². The normalized spacial score (nSPS) is 10.6. The summed E-state index contributed by atoms with van der Waals surface area (Å²) >= 11 is 0.923. The van der Waals surface area contributed by atoms with Gasteiger partial charge in [-0.25, -0.2) is 19.7 Å². The molecule has 0 aromatic carbocycles. The van der Waals surface area contributed by atoms with Gasteiger partial charge in [0.15, 0.2) is 5.65 Å². The van der Waals surface area contributed by atoms with E-state index in [0.29, 0.717) is 22.8 Å². The van der Waals surface area contributed by atoms with Crippen LogP contribution in [0.5, 0.6) is 0 Å². The Balaban J connectivity index is 2.34. The first-order chi connectivity index (χ1) is 7.72. The van der Waals surface area contributed by atoms with Crippen LogP contribution in [0.4, 0.5) is 4.79 Å². The van der Waals surface area contributed by atoms with Gasteiger partial charge in [0.1, 0.15) is 16.9 Å². The molecular formula is C9H10N4O2S. The Hall–Kier alpha value is -1.63. The molecule has 0 aliphatic rings. The predicted octanol–water partition coefficient (Wildman–Crippen LogP) is 1.61. The van der Waals surface area contributed by atoms with Crippen LogP contribution in [0, 0.1) is 0 Å². The number of aromatic nitrogens is 4. The molecule has 7 heteroatoms. The first-order valence-electron chi connectivity index (χ1n) is 4.69. The van der Waals surface area contributed by atoms with Crippen molar-refractivity contribution in [2.75, 3.05) is 6.61 Å². The Bertz CT molecular complexity index is 525. The topological polar surface area (TPSA) is 69.9 Å². The molecule has 0 fully saturated rings. The second-order valence-corrected chi connectivity index (χ2v) is 3.92. The second kappa shape index (κ2) is 4.48. The molecule has 0 spiro atoms. The molecule has 0 unspecified atom stereocenters. The number of hydrogen-bond donors (Lipinski definition) is 0. The largest absolute Gasteiger partial charge is 0.458 e. The maximum absolute atomic E-state index is 11.3. The van der Waals surface area contributed by atoms with Crippen molar-refractivity contribution in [1.82, 2.24) is 19.5 Å². The lowest BCUT2D eigenvalue weighted by atomic mass is 10.5. The van der Waals surface area contributed by atoms with Crippen molar-refractivity contribution >= 4 is 28.2 Å². The van der Waals surface area contributed by atoms with Crippen LogP contribution in [0.2, 0.25) is 0 Å². The fourth-order valence-electron chi connectivity index (χ4n) is 1.22. The predicted molar refractivity (Wildman–Crippen MR) is 59.2 cm³/mol. The summed E-state index contributed by atoms with van der Waals surface area (Å²) in [7, 11) is 1.83. The van der Waals surface area contributed by atoms with Crippen LogP contribution >= 0.6 is 11.8 Å². The summed E-state index contributed by atoms with van der Waals surface area (Å²) in [5.74, 6) is 0. The van der Waals surface area contributed by atoms with Crippen LogP contribution in [-0.4, -0.2) is 31.4 Å². The van der Waals surface area contributed by atoms with E-state index in [-0.39, 0.29) is 5.30 Å². The van der Waals surface area contributed by atoms with Gasteiger partial charge >= 0.3 is 5.30 Å². The molecule has 0 aliphatic carbocycles. The van der Waals surface area contributed by atoms with E-state index >= 15 is 0 Å². The molecule has 6 nitrogen and oxygen atoms in total. The fourth-order valence-corrected chi connectivity index (χ4v) is 1.90. The Kier molecular flexibility index (Phi) is 3.04. The van der Waals surface area contributed by atoms with E-state index in [0.717, 1.165) is 11.8 Å². The minimum absolute atomic E-state index is 0.349. The van der Waals surface area contributed by atoms with Crippen molar-refractivity contribution in [3.05, 3.63) is 12.7 Å². The lowest BCUT2D eigenvalue weighted by molar-refractivity contribution is 0.181. The second-order valence-electron chi connectivity index (χ2n) is 2.99. The molecule has 0 amide bonds. The number of imidazole rings is 1. The Morgan fingerprint density at radius 3 is 3.06 bits per heavy atom. The molecule has 16 heavy (non-hydrogen) atoms. The molecule has 0 bridgehead atoms. The van der Waals surface area contributed by atoms with Crippen molar-refractivity contribution in [2.45, 2.75) is 11.9 Å². The van der Waals surface area contributed by atoms with Gasteiger partial charge in [-0.15, -0.1) is 0 Å². The summed E-state index contributed by atoms with van der Waals surface area (Å²) < 4.78 is 6.60. The summed E-state index contributed by atoms with van der Waals surface area (Å²) in [6.45, 7) is 2.11. The van der Waals surface area contributed by atoms with Crippen molar-refractivity contribution in [1.29, 1.82) is 0 Å². The highest BCUT2D eigenvalue weighted by molar-refractivity contribution is 8.13. The van der Waals surface area contributed by atoms with Crippen molar-refractivity contribution in [3.63, 3.8) is 0 Å². The van der Waals surface area contributed by atoms with Crippen molar-refractivity contribution < 1.29 is 9.53 Å². The number of fused-ring (bicyclic) bond motifs is 1. The average molecular weight is 238 g/mol. The van der Waals surface area contributed by atoms with E-state index in [2.05, 4.69) is 15.0 Å². The van der Waals surface area contributed by atoms with Crippen LogP contribution in [0.25, 0.3) is 11.2 Å². The van der Waals surface area contributed by atoms with E-state index in [9.17, 15) is 4.79 Å². The molecular weight excluding hydrogens is 228 g/mol. The molecule has 0 saturated heterocycles. The smallest absolute Gasteiger partial charge is 0.373 e. The summed E-state index contributed by atoms with van der Waals surface area (Å²) in [6.07, 6.45) is 3.04. The number of hydrogen-bond acceptors (Lipinski definition) is 6. The third kappa shape index (κ3) is 1.99. The molecule has 0 N–H and O–H groups in total. The van der Waals surface area contributed by atoms with Gasteiger partial charge < -0.3 is 9.30 Å². The van der Waals surface area contributed by atoms with Crippen LogP contribution in [0.15, 0.2) is 17.7 Å². The monoisotopic (exact) mass is 238 g/mol. The zero-order chi connectivity index (χ0) is 11.5. The number of aryl methyl sites for hydroxylation is 1. The summed E-state index contributed by atoms with van der Waals surface area (Å²) in [5.41, 5.74) is 1.31. The molecule has 0 saturated carbocycles. The molecule has 0 radical (unpaired) electrons. The van der Waals surface area contributed by atoms with Gasteiger partial charge in [0.05, 0.1) is 12.9 Å². The van der Waals surface area contributed by atoms with Crippen LogP contribution in [-0.2, 0) is 11.8 Å². The Morgan fingerprint density at radius 2 is 2.31 bits per heavy atom. The van der Waals surface area contributed by atoms with Gasteiger partial charge in [-0.05, 0) is 6.92 Å². The number of carbonyl (C=O) groups is 1. The van der Waals surface area contributed by atoms with Gasteiger partial charge in [-0.1, -0.05) is 0 Å². The third-order valence-corrected chi connectivity index (χ3v) is 2.68. The van der Waals surface area contributed by atoms with Gasteiger partial charge in [0, 0.05) is 18.8 Å². The van der Waals surface area contributed by atoms with E-state index in [4.69, 9.17) is 4.74 Å². The Labute approximate surface area is 96.0 Å². The van der Waals surface area contributed by atoms with Crippen LogP contribution in [0.1, 0.15) is 6.92 Å². The number of ether oxygens (including phenoxy) is 1. The van der Waals surface area contributed by atoms with E-state index in [1.54, 1.807) is 17.8 Å². The number of thioether (sulfide) groups is 1. The number of carbonyl (C=O) groups excluding carboxylic acids is 1. The summed E-state index contributed by atoms with van der Waals surface area (Å²) in [4.78, 5) is 23.5. The maximum atomic E-state index is 11.3. The number of rotatable bonds is 2. The molecule has 2 aromatic heterocycles. The quantitative estimate of drug-likeness (QED) is 0.450. The minimum Gasteiger partial charge on any atom is -0.458 e. The van der Waals surface area contributed by atoms with E-state index in [1.807, 2.05) is 7.05 Å². The zero-order valence-corrected chi connectivity index (χ0v) is 9.69. The zero-order valence-electron chi connectivity index (χ0n) is 8.88. The standard InChI is InChI=1S/C9H10N4O2S/c1-3-15-9(14)16-8-6-7(10-4-11-8)13(2)5-12-6/h4-5H,3H2,1-2H3.